The van der Waals surface area contributed by atoms with Crippen molar-refractivity contribution in [3.63, 3.8) is 0 Å². The Morgan fingerprint density at radius 2 is 1.79 bits per heavy atom. The van der Waals surface area contributed by atoms with Crippen LogP contribution >= 0.6 is 0 Å². The molecule has 1 spiro atoms. The van der Waals surface area contributed by atoms with E-state index in [1.54, 1.807) is 4.90 Å². The van der Waals surface area contributed by atoms with E-state index >= 15 is 0 Å². The number of hydrogen-bond acceptors (Lipinski definition) is 6. The Bertz CT molecular complexity index is 1270. The lowest BCUT2D eigenvalue weighted by molar-refractivity contribution is -0.121. The number of likely N-dealkylation sites (tertiary alicyclic amines) is 1. The number of nitrogens with zero attached hydrogens (tertiary/aromatic N) is 2. The average Bonchev–Trinajstić information content (AvgIpc) is 3.24. The molecule has 0 unspecified atom stereocenters. The highest BCUT2D eigenvalue weighted by Crippen LogP contribution is 2.42. The molecular weight excluding hydrogens is 484 g/mol. The minimum Gasteiger partial charge on any atom is -0.487 e. The standard InChI is InChI=1S/C29H34N4O5/c1-28(2,3)18-37-27(36)33-14-12-29(13-15-33)17-21-16-20(6-10-24(21)38-29)19-4-7-22(8-5-19)30-26(35)23-9-11-25(34)32-31-23/h4-8,10,16H,9,11-15,17-18H2,1-3H3,(H,30,35)(H,32,34). The molecule has 9 nitrogen and oxygen atoms in total. The van der Waals surface area contributed by atoms with Crippen LogP contribution in [0.1, 0.15) is 52.0 Å². The number of benzene rings is 2. The number of nitrogens with one attached hydrogen (secondary N) is 2. The molecule has 3 aliphatic rings. The number of carbonyl (C=O) groups is 3. The fourth-order valence-corrected chi connectivity index (χ4v) is 4.95. The van der Waals surface area contributed by atoms with Gasteiger partial charge >= 0.3 is 6.09 Å². The summed E-state index contributed by atoms with van der Waals surface area (Å²) in [7, 11) is 0. The van der Waals surface area contributed by atoms with Gasteiger partial charge in [0, 0.05) is 50.9 Å². The van der Waals surface area contributed by atoms with Crippen molar-refractivity contribution in [1.82, 2.24) is 10.3 Å². The third-order valence-corrected chi connectivity index (χ3v) is 7.10. The number of piperidine rings is 1. The number of amides is 3. The molecular formula is C29H34N4O5. The van der Waals surface area contributed by atoms with Crippen LogP contribution in [0.25, 0.3) is 11.1 Å². The van der Waals surface area contributed by atoms with Gasteiger partial charge in [0.25, 0.3) is 5.91 Å². The first kappa shape index (κ1) is 25.8. The van der Waals surface area contributed by atoms with Crippen molar-refractivity contribution < 1.29 is 23.9 Å². The number of rotatable bonds is 4. The lowest BCUT2D eigenvalue weighted by atomic mass is 9.86. The number of anilines is 1. The number of carbonyl (C=O) groups excluding carboxylic acids is 3. The molecule has 2 aromatic carbocycles. The smallest absolute Gasteiger partial charge is 0.409 e. The van der Waals surface area contributed by atoms with Crippen molar-refractivity contribution in [2.75, 3.05) is 25.0 Å². The van der Waals surface area contributed by atoms with Crippen molar-refractivity contribution in [1.29, 1.82) is 0 Å². The van der Waals surface area contributed by atoms with Crippen LogP contribution in [0.3, 0.4) is 0 Å². The predicted octanol–water partition coefficient (Wildman–Crippen LogP) is 4.51. The zero-order valence-electron chi connectivity index (χ0n) is 22.1. The predicted molar refractivity (Wildman–Crippen MR) is 144 cm³/mol. The maximum absolute atomic E-state index is 12.5. The van der Waals surface area contributed by atoms with Gasteiger partial charge in [0.15, 0.2) is 0 Å². The topological polar surface area (TPSA) is 109 Å². The van der Waals surface area contributed by atoms with Gasteiger partial charge in [0.1, 0.15) is 17.1 Å². The van der Waals surface area contributed by atoms with E-state index in [4.69, 9.17) is 9.47 Å². The summed E-state index contributed by atoms with van der Waals surface area (Å²) in [6.07, 6.45) is 2.69. The molecule has 38 heavy (non-hydrogen) atoms. The van der Waals surface area contributed by atoms with Gasteiger partial charge in [-0.1, -0.05) is 39.0 Å². The molecule has 2 N–H and O–H groups in total. The highest BCUT2D eigenvalue weighted by Gasteiger charge is 2.43. The van der Waals surface area contributed by atoms with Gasteiger partial charge in [-0.15, -0.1) is 0 Å². The summed E-state index contributed by atoms with van der Waals surface area (Å²) in [5.74, 6) is 0.409. The zero-order valence-corrected chi connectivity index (χ0v) is 22.1. The second kappa shape index (κ2) is 10.1. The minimum absolute atomic E-state index is 0.0561. The molecule has 0 radical (unpaired) electrons. The number of fused-ring (bicyclic) bond motifs is 1. The van der Waals surface area contributed by atoms with E-state index in [-0.39, 0.29) is 35.3 Å². The summed E-state index contributed by atoms with van der Waals surface area (Å²) in [5.41, 5.74) is 6.26. The quantitative estimate of drug-likeness (QED) is 0.619. The molecule has 1 saturated heterocycles. The average molecular weight is 519 g/mol. The van der Waals surface area contributed by atoms with Crippen molar-refractivity contribution in [3.05, 3.63) is 48.0 Å². The van der Waals surface area contributed by atoms with E-state index in [1.807, 2.05) is 57.2 Å². The van der Waals surface area contributed by atoms with Crippen molar-refractivity contribution in [2.24, 2.45) is 10.5 Å². The van der Waals surface area contributed by atoms with Crippen LogP contribution in [0.2, 0.25) is 0 Å². The SMILES string of the molecule is CC(C)(C)COC(=O)N1CCC2(CC1)Cc1cc(-c3ccc(NC(=O)C4=NNC(=O)CC4)cc3)ccc1O2. The van der Waals surface area contributed by atoms with Gasteiger partial charge in [-0.25, -0.2) is 10.2 Å². The molecule has 2 aromatic rings. The van der Waals surface area contributed by atoms with Crippen molar-refractivity contribution in [3.8, 4) is 16.9 Å². The van der Waals surface area contributed by atoms with Gasteiger partial charge in [-0.2, -0.15) is 5.10 Å². The fourth-order valence-electron chi connectivity index (χ4n) is 4.95. The van der Waals surface area contributed by atoms with Crippen LogP contribution in [0.5, 0.6) is 5.75 Å². The van der Waals surface area contributed by atoms with Crippen LogP contribution in [0.15, 0.2) is 47.6 Å². The minimum atomic E-state index is -0.314. The number of hydrogen-bond donors (Lipinski definition) is 2. The lowest BCUT2D eigenvalue weighted by Gasteiger charge is -2.38. The largest absolute Gasteiger partial charge is 0.487 e. The molecule has 3 heterocycles. The number of ether oxygens (including phenoxy) is 2. The van der Waals surface area contributed by atoms with E-state index in [0.717, 1.165) is 36.1 Å². The molecule has 3 aliphatic heterocycles. The molecule has 0 saturated carbocycles. The lowest BCUT2D eigenvalue weighted by Crippen LogP contribution is -2.49. The monoisotopic (exact) mass is 518 g/mol. The molecule has 1 fully saturated rings. The second-order valence-corrected chi connectivity index (χ2v) is 11.5. The summed E-state index contributed by atoms with van der Waals surface area (Å²) in [6, 6.07) is 13.9. The van der Waals surface area contributed by atoms with Crippen molar-refractivity contribution >= 4 is 29.3 Å². The van der Waals surface area contributed by atoms with Crippen LogP contribution in [-0.2, 0) is 20.7 Å². The van der Waals surface area contributed by atoms with Gasteiger partial charge in [0.05, 0.1) is 6.61 Å². The van der Waals surface area contributed by atoms with Gasteiger partial charge < -0.3 is 19.7 Å². The number of hydrazone groups is 1. The van der Waals surface area contributed by atoms with E-state index in [2.05, 4.69) is 21.9 Å². The Labute approximate surface area is 222 Å². The third-order valence-electron chi connectivity index (χ3n) is 7.10. The Kier molecular flexibility index (Phi) is 6.86. The first-order valence-corrected chi connectivity index (χ1v) is 13.1. The summed E-state index contributed by atoms with van der Waals surface area (Å²) in [6.45, 7) is 7.79. The van der Waals surface area contributed by atoms with Gasteiger partial charge in [-0.05, 0) is 46.4 Å². The highest BCUT2D eigenvalue weighted by molar-refractivity contribution is 6.43. The Balaban J connectivity index is 1.18. The van der Waals surface area contributed by atoms with E-state index in [1.165, 1.54) is 5.56 Å². The van der Waals surface area contributed by atoms with E-state index in [0.29, 0.717) is 37.5 Å². The normalized spacial score (nSPS) is 18.2. The van der Waals surface area contributed by atoms with Crippen LogP contribution in [0.4, 0.5) is 10.5 Å². The second-order valence-electron chi connectivity index (χ2n) is 11.5. The van der Waals surface area contributed by atoms with E-state index < -0.39 is 0 Å². The van der Waals surface area contributed by atoms with Gasteiger partial charge in [-0.3, -0.25) is 9.59 Å². The maximum atomic E-state index is 12.5. The zero-order chi connectivity index (χ0) is 26.9. The Morgan fingerprint density at radius 1 is 1.08 bits per heavy atom. The summed E-state index contributed by atoms with van der Waals surface area (Å²) >= 11 is 0. The Hall–Kier alpha value is -3.88. The summed E-state index contributed by atoms with van der Waals surface area (Å²) < 4.78 is 11.9. The highest BCUT2D eigenvalue weighted by atomic mass is 16.6. The van der Waals surface area contributed by atoms with Crippen molar-refractivity contribution in [2.45, 2.75) is 58.5 Å². The first-order chi connectivity index (χ1) is 18.1. The van der Waals surface area contributed by atoms with Crippen LogP contribution in [-0.4, -0.2) is 53.8 Å². The molecule has 3 amide bonds. The Morgan fingerprint density at radius 3 is 2.45 bits per heavy atom. The fraction of sp³-hybridized carbons (Fsp3) is 0.448. The van der Waals surface area contributed by atoms with E-state index in [9.17, 15) is 14.4 Å². The third kappa shape index (κ3) is 5.82. The molecule has 0 aliphatic carbocycles. The first-order valence-electron chi connectivity index (χ1n) is 13.1. The summed E-state index contributed by atoms with van der Waals surface area (Å²) in [5, 5.41) is 6.67. The van der Waals surface area contributed by atoms with Crippen LogP contribution < -0.4 is 15.5 Å². The molecule has 0 bridgehead atoms. The summed E-state index contributed by atoms with van der Waals surface area (Å²) in [4.78, 5) is 37.9. The molecule has 0 atom stereocenters. The maximum Gasteiger partial charge on any atom is 0.409 e. The molecule has 5 rings (SSSR count). The molecule has 0 aromatic heterocycles. The van der Waals surface area contributed by atoms with Crippen LogP contribution in [0, 0.1) is 5.41 Å². The molecule has 9 heteroatoms. The molecule has 200 valence electrons. The van der Waals surface area contributed by atoms with Gasteiger partial charge in [0.2, 0.25) is 5.91 Å².